The Labute approximate surface area is 241 Å². The molecule has 0 atom stereocenters. The third-order valence-electron chi connectivity index (χ3n) is 7.51. The van der Waals surface area contributed by atoms with Crippen molar-refractivity contribution in [1.29, 1.82) is 0 Å². The zero-order valence-electron chi connectivity index (χ0n) is 23.1. The topological polar surface area (TPSA) is 54.0 Å². The second kappa shape index (κ2) is 13.6. The molecule has 0 aliphatic carbocycles. The molecule has 0 unspecified atom stereocenters. The van der Waals surface area contributed by atoms with E-state index >= 15 is 0 Å². The van der Waals surface area contributed by atoms with E-state index in [0.717, 1.165) is 77.4 Å². The third-order valence-corrected chi connectivity index (χ3v) is 9.10. The van der Waals surface area contributed by atoms with E-state index in [1.54, 1.807) is 25.2 Å². The van der Waals surface area contributed by atoms with Gasteiger partial charge in [0.05, 0.1) is 19.2 Å². The van der Waals surface area contributed by atoms with Crippen molar-refractivity contribution in [3.8, 4) is 11.5 Å². The molecule has 0 bridgehead atoms. The molecule has 0 radical (unpaired) electrons. The van der Waals surface area contributed by atoms with Gasteiger partial charge in [-0.25, -0.2) is 9.97 Å². The number of aromatic nitrogens is 2. The fraction of sp³-hybridized carbons (Fsp3) is 0.500. The summed E-state index contributed by atoms with van der Waals surface area (Å²) >= 11 is 7.52. The van der Waals surface area contributed by atoms with Crippen LogP contribution in [0.4, 0.5) is 5.82 Å². The molecule has 2 aromatic carbocycles. The van der Waals surface area contributed by atoms with E-state index in [2.05, 4.69) is 55.9 Å². The summed E-state index contributed by atoms with van der Waals surface area (Å²) in [6.45, 7) is 9.77. The molecule has 2 saturated heterocycles. The molecule has 9 heteroatoms. The third kappa shape index (κ3) is 7.32. The molecule has 1 aromatic heterocycles. The number of hydrogen-bond donors (Lipinski definition) is 0. The highest BCUT2D eigenvalue weighted by molar-refractivity contribution is 8.22. The van der Waals surface area contributed by atoms with Gasteiger partial charge in [-0.3, -0.25) is 0 Å². The molecule has 0 spiro atoms. The normalized spacial score (nSPS) is 16.5. The van der Waals surface area contributed by atoms with E-state index in [1.165, 1.54) is 43.5 Å². The lowest BCUT2D eigenvalue weighted by Gasteiger charge is -2.36. The summed E-state index contributed by atoms with van der Waals surface area (Å²) in [5.74, 6) is 3.31. The van der Waals surface area contributed by atoms with Gasteiger partial charge in [-0.15, -0.1) is 0 Å². The molecular formula is C30H39N5O2S2. The van der Waals surface area contributed by atoms with E-state index in [1.807, 2.05) is 12.1 Å². The molecule has 39 heavy (non-hydrogen) atoms. The molecule has 2 fully saturated rings. The summed E-state index contributed by atoms with van der Waals surface area (Å²) in [5, 5.41) is 0.986. The summed E-state index contributed by atoms with van der Waals surface area (Å²) < 4.78 is 12.9. The van der Waals surface area contributed by atoms with Crippen molar-refractivity contribution < 1.29 is 9.47 Å². The molecule has 2 aliphatic heterocycles. The van der Waals surface area contributed by atoms with Crippen LogP contribution in [0.15, 0.2) is 42.7 Å². The van der Waals surface area contributed by atoms with Gasteiger partial charge in [-0.05, 0) is 50.9 Å². The van der Waals surface area contributed by atoms with Gasteiger partial charge >= 0.3 is 0 Å². The number of benzene rings is 2. The molecule has 208 valence electrons. The predicted octanol–water partition coefficient (Wildman–Crippen LogP) is 5.54. The molecular weight excluding hydrogens is 526 g/mol. The average Bonchev–Trinajstić information content (AvgIpc) is 2.98. The first-order chi connectivity index (χ1) is 19.1. The van der Waals surface area contributed by atoms with Crippen LogP contribution in [-0.2, 0) is 5.75 Å². The van der Waals surface area contributed by atoms with Crippen molar-refractivity contribution in [2.45, 2.75) is 38.4 Å². The quantitative estimate of drug-likeness (QED) is 0.246. The summed E-state index contributed by atoms with van der Waals surface area (Å²) in [4.78, 5) is 16.4. The summed E-state index contributed by atoms with van der Waals surface area (Å²) in [6.07, 6.45) is 6.65. The lowest BCUT2D eigenvalue weighted by atomic mass is 10.1. The maximum atomic E-state index is 6.17. The minimum absolute atomic E-state index is 0.667. The summed E-state index contributed by atoms with van der Waals surface area (Å²) in [7, 11) is 1.69. The standard InChI is InChI=1S/C30H39N5O2S2/c1-23-8-6-9-24(18-23)21-39-30(38)35-15-13-34(14-16-35)29-25-19-27(36-2)28(20-26(25)31-22-32-29)37-17-7-12-33-10-4-3-5-11-33/h6,8-9,18-20,22H,3-5,7,10-17,21H2,1-2H3. The minimum atomic E-state index is 0.667. The van der Waals surface area contributed by atoms with Crippen LogP contribution in [0.3, 0.4) is 0 Å². The molecule has 5 rings (SSSR count). The molecule has 3 aromatic rings. The number of likely N-dealkylation sites (tertiary alicyclic amines) is 1. The van der Waals surface area contributed by atoms with Crippen LogP contribution in [0.1, 0.15) is 36.8 Å². The van der Waals surface area contributed by atoms with E-state index < -0.39 is 0 Å². The first-order valence-corrected chi connectivity index (χ1v) is 15.4. The van der Waals surface area contributed by atoms with Gasteiger partial charge in [0.15, 0.2) is 11.5 Å². The Hall–Kier alpha value is -2.62. The van der Waals surface area contributed by atoms with Crippen LogP contribution in [0.25, 0.3) is 10.9 Å². The first kappa shape index (κ1) is 27.9. The highest BCUT2D eigenvalue weighted by Crippen LogP contribution is 2.35. The van der Waals surface area contributed by atoms with E-state index in [0.29, 0.717) is 6.61 Å². The number of fused-ring (bicyclic) bond motifs is 1. The Kier molecular flexibility index (Phi) is 9.76. The van der Waals surface area contributed by atoms with E-state index in [4.69, 9.17) is 21.7 Å². The molecule has 0 saturated carbocycles. The average molecular weight is 566 g/mol. The maximum absolute atomic E-state index is 6.17. The van der Waals surface area contributed by atoms with Crippen LogP contribution in [0.2, 0.25) is 0 Å². The molecule has 0 N–H and O–H groups in total. The van der Waals surface area contributed by atoms with Crippen LogP contribution in [0.5, 0.6) is 11.5 Å². The molecule has 7 nitrogen and oxygen atoms in total. The van der Waals surface area contributed by atoms with Crippen molar-refractivity contribution in [3.63, 3.8) is 0 Å². The van der Waals surface area contributed by atoms with Crippen LogP contribution >= 0.6 is 24.0 Å². The zero-order valence-corrected chi connectivity index (χ0v) is 24.7. The number of thiocarbonyl (C=S) groups is 1. The maximum Gasteiger partial charge on any atom is 0.163 e. The lowest BCUT2D eigenvalue weighted by molar-refractivity contribution is 0.203. The van der Waals surface area contributed by atoms with Crippen LogP contribution in [-0.4, -0.2) is 83.6 Å². The van der Waals surface area contributed by atoms with Gasteiger partial charge in [-0.1, -0.05) is 60.2 Å². The van der Waals surface area contributed by atoms with E-state index in [9.17, 15) is 0 Å². The highest BCUT2D eigenvalue weighted by atomic mass is 32.2. The Morgan fingerprint density at radius 3 is 2.56 bits per heavy atom. The number of nitrogens with zero attached hydrogens (tertiary/aromatic N) is 5. The lowest BCUT2D eigenvalue weighted by Crippen LogP contribution is -2.48. The van der Waals surface area contributed by atoms with Gasteiger partial charge in [0, 0.05) is 49.9 Å². The number of ether oxygens (including phenoxy) is 2. The summed E-state index contributed by atoms with van der Waals surface area (Å²) in [6, 6.07) is 12.7. The van der Waals surface area contributed by atoms with Gasteiger partial charge < -0.3 is 24.2 Å². The zero-order chi connectivity index (χ0) is 27.0. The Balaban J connectivity index is 1.18. The molecule has 3 heterocycles. The fourth-order valence-corrected chi connectivity index (χ4v) is 6.56. The number of rotatable bonds is 9. The summed E-state index contributed by atoms with van der Waals surface area (Å²) in [5.41, 5.74) is 3.47. The Morgan fingerprint density at radius 2 is 1.79 bits per heavy atom. The van der Waals surface area contributed by atoms with Gasteiger partial charge in [0.1, 0.15) is 16.5 Å². The Morgan fingerprint density at radius 1 is 0.974 bits per heavy atom. The second-order valence-electron chi connectivity index (χ2n) is 10.3. The molecule has 0 amide bonds. The minimum Gasteiger partial charge on any atom is -0.493 e. The number of anilines is 1. The highest BCUT2D eigenvalue weighted by Gasteiger charge is 2.23. The molecule has 2 aliphatic rings. The first-order valence-electron chi connectivity index (χ1n) is 14.0. The number of piperazine rings is 1. The number of piperidine rings is 1. The Bertz CT molecular complexity index is 1260. The van der Waals surface area contributed by atoms with Crippen molar-refractivity contribution in [2.24, 2.45) is 0 Å². The van der Waals surface area contributed by atoms with Crippen molar-refractivity contribution in [1.82, 2.24) is 19.8 Å². The van der Waals surface area contributed by atoms with Crippen molar-refractivity contribution >= 4 is 45.0 Å². The fourth-order valence-electron chi connectivity index (χ4n) is 5.37. The van der Waals surface area contributed by atoms with Gasteiger partial charge in [0.2, 0.25) is 0 Å². The van der Waals surface area contributed by atoms with E-state index in [-0.39, 0.29) is 0 Å². The largest absolute Gasteiger partial charge is 0.493 e. The SMILES string of the molecule is COc1cc2c(N3CCN(C(=S)SCc4cccc(C)c4)CC3)ncnc2cc1OCCCN1CCCCC1. The number of thioether (sulfide) groups is 1. The van der Waals surface area contributed by atoms with Crippen LogP contribution < -0.4 is 14.4 Å². The predicted molar refractivity (Wildman–Crippen MR) is 165 cm³/mol. The van der Waals surface area contributed by atoms with Crippen molar-refractivity contribution in [3.05, 3.63) is 53.9 Å². The van der Waals surface area contributed by atoms with Crippen molar-refractivity contribution in [2.75, 3.05) is 64.4 Å². The van der Waals surface area contributed by atoms with Gasteiger partial charge in [-0.2, -0.15) is 0 Å². The number of hydrogen-bond acceptors (Lipinski definition) is 8. The number of aryl methyl sites for hydroxylation is 1. The number of methoxy groups -OCH3 is 1. The van der Waals surface area contributed by atoms with Gasteiger partial charge in [0.25, 0.3) is 0 Å². The second-order valence-corrected chi connectivity index (χ2v) is 11.9. The monoisotopic (exact) mass is 565 g/mol. The smallest absolute Gasteiger partial charge is 0.163 e. The van der Waals surface area contributed by atoms with Crippen LogP contribution in [0, 0.1) is 6.92 Å².